The Labute approximate surface area is 121 Å². The fourth-order valence-corrected chi connectivity index (χ4v) is 3.22. The summed E-state index contributed by atoms with van der Waals surface area (Å²) in [4.78, 5) is 0. The first kappa shape index (κ1) is 13.4. The zero-order valence-corrected chi connectivity index (χ0v) is 12.7. The molecule has 0 saturated carbocycles. The molecular formula is C17H23N3. The summed E-state index contributed by atoms with van der Waals surface area (Å²) >= 11 is 0. The molecule has 1 aliphatic rings. The van der Waals surface area contributed by atoms with E-state index in [0.29, 0.717) is 0 Å². The molecule has 1 aromatic heterocycles. The van der Waals surface area contributed by atoms with Crippen molar-refractivity contribution in [3.63, 3.8) is 0 Å². The van der Waals surface area contributed by atoms with E-state index in [0.717, 1.165) is 18.8 Å². The highest BCUT2D eigenvalue weighted by molar-refractivity contribution is 5.35. The van der Waals surface area contributed by atoms with Crippen molar-refractivity contribution < 1.29 is 0 Å². The van der Waals surface area contributed by atoms with Crippen LogP contribution < -0.4 is 5.32 Å². The van der Waals surface area contributed by atoms with Crippen molar-refractivity contribution in [1.29, 1.82) is 0 Å². The molecule has 0 radical (unpaired) electrons. The highest BCUT2D eigenvalue weighted by Gasteiger charge is 2.13. The van der Waals surface area contributed by atoms with Crippen LogP contribution in [0.25, 0.3) is 0 Å². The van der Waals surface area contributed by atoms with Crippen molar-refractivity contribution in [2.45, 2.75) is 46.2 Å². The molecule has 0 fully saturated rings. The van der Waals surface area contributed by atoms with Gasteiger partial charge in [0, 0.05) is 17.8 Å². The largest absolute Gasteiger partial charge is 0.316 e. The highest BCUT2D eigenvalue weighted by atomic mass is 15.3. The Balaban J connectivity index is 1.86. The van der Waals surface area contributed by atoms with E-state index in [9.17, 15) is 0 Å². The standard InChI is InChI=1S/C17H23N3/c1-12-17(10-18-3)13(2)20(19-12)11-14-7-8-15-5-4-6-16(15)9-14/h7-9,18H,4-6,10-11H2,1-3H3. The van der Waals surface area contributed by atoms with Crippen LogP contribution >= 0.6 is 0 Å². The minimum atomic E-state index is 0.879. The molecule has 0 unspecified atom stereocenters. The van der Waals surface area contributed by atoms with Crippen LogP contribution in [0.4, 0.5) is 0 Å². The summed E-state index contributed by atoms with van der Waals surface area (Å²) in [7, 11) is 1.98. The van der Waals surface area contributed by atoms with Gasteiger partial charge in [0.25, 0.3) is 0 Å². The molecule has 0 saturated heterocycles. The molecule has 0 spiro atoms. The number of fused-ring (bicyclic) bond motifs is 1. The summed E-state index contributed by atoms with van der Waals surface area (Å²) in [5, 5.41) is 7.92. The average Bonchev–Trinajstić information content (AvgIpc) is 2.99. The topological polar surface area (TPSA) is 29.9 Å². The Morgan fingerprint density at radius 2 is 2.00 bits per heavy atom. The van der Waals surface area contributed by atoms with E-state index >= 15 is 0 Å². The number of rotatable bonds is 4. The van der Waals surface area contributed by atoms with Crippen LogP contribution in [0.1, 0.15) is 40.1 Å². The molecule has 0 amide bonds. The molecule has 3 rings (SSSR count). The molecular weight excluding hydrogens is 246 g/mol. The van der Waals surface area contributed by atoms with E-state index in [1.165, 1.54) is 41.6 Å². The van der Waals surface area contributed by atoms with Crippen LogP contribution in [0, 0.1) is 13.8 Å². The molecule has 106 valence electrons. The van der Waals surface area contributed by atoms with Gasteiger partial charge in [-0.3, -0.25) is 4.68 Å². The van der Waals surface area contributed by atoms with E-state index in [4.69, 9.17) is 5.10 Å². The quantitative estimate of drug-likeness (QED) is 0.925. The van der Waals surface area contributed by atoms with Crippen LogP contribution in [-0.4, -0.2) is 16.8 Å². The maximum Gasteiger partial charge on any atom is 0.0662 e. The van der Waals surface area contributed by atoms with Gasteiger partial charge in [0.1, 0.15) is 0 Å². The fourth-order valence-electron chi connectivity index (χ4n) is 3.22. The molecule has 0 bridgehead atoms. The molecule has 1 aromatic carbocycles. The zero-order valence-electron chi connectivity index (χ0n) is 12.7. The maximum atomic E-state index is 4.69. The predicted octanol–water partition coefficient (Wildman–Crippen LogP) is 2.76. The van der Waals surface area contributed by atoms with E-state index in [-0.39, 0.29) is 0 Å². The van der Waals surface area contributed by atoms with Gasteiger partial charge in [-0.25, -0.2) is 0 Å². The second-order valence-electron chi connectivity index (χ2n) is 5.79. The monoisotopic (exact) mass is 269 g/mol. The van der Waals surface area contributed by atoms with Gasteiger partial charge >= 0.3 is 0 Å². The Morgan fingerprint density at radius 1 is 1.20 bits per heavy atom. The van der Waals surface area contributed by atoms with Gasteiger partial charge in [0.2, 0.25) is 0 Å². The van der Waals surface area contributed by atoms with Crippen LogP contribution in [0.5, 0.6) is 0 Å². The van der Waals surface area contributed by atoms with Crippen molar-refractivity contribution in [2.24, 2.45) is 0 Å². The van der Waals surface area contributed by atoms with Crippen molar-refractivity contribution in [3.8, 4) is 0 Å². The smallest absolute Gasteiger partial charge is 0.0662 e. The molecule has 3 heteroatoms. The second kappa shape index (κ2) is 5.41. The summed E-state index contributed by atoms with van der Waals surface area (Å²) in [6.07, 6.45) is 3.80. The highest BCUT2D eigenvalue weighted by Crippen LogP contribution is 2.23. The van der Waals surface area contributed by atoms with Gasteiger partial charge in [0.05, 0.1) is 12.2 Å². The summed E-state index contributed by atoms with van der Waals surface area (Å²) < 4.78 is 2.14. The van der Waals surface area contributed by atoms with Crippen molar-refractivity contribution in [2.75, 3.05) is 7.05 Å². The van der Waals surface area contributed by atoms with Gasteiger partial charge in [-0.1, -0.05) is 18.2 Å². The van der Waals surface area contributed by atoms with Gasteiger partial charge in [0.15, 0.2) is 0 Å². The van der Waals surface area contributed by atoms with Crippen LogP contribution in [-0.2, 0) is 25.9 Å². The number of nitrogens with zero attached hydrogens (tertiary/aromatic N) is 2. The lowest BCUT2D eigenvalue weighted by Gasteiger charge is -2.08. The first-order valence-electron chi connectivity index (χ1n) is 7.47. The molecule has 20 heavy (non-hydrogen) atoms. The summed E-state index contributed by atoms with van der Waals surface area (Å²) in [6.45, 7) is 6.03. The van der Waals surface area contributed by atoms with E-state index in [2.05, 4.69) is 42.0 Å². The Bertz CT molecular complexity index is 625. The van der Waals surface area contributed by atoms with Crippen LogP contribution in [0.15, 0.2) is 18.2 Å². The third-order valence-corrected chi connectivity index (χ3v) is 4.38. The molecule has 0 aliphatic heterocycles. The minimum absolute atomic E-state index is 0.879. The van der Waals surface area contributed by atoms with E-state index in [1.807, 2.05) is 7.05 Å². The van der Waals surface area contributed by atoms with Gasteiger partial charge in [-0.15, -0.1) is 0 Å². The zero-order chi connectivity index (χ0) is 14.1. The first-order valence-corrected chi connectivity index (χ1v) is 7.47. The summed E-state index contributed by atoms with van der Waals surface area (Å²) in [6, 6.07) is 6.94. The van der Waals surface area contributed by atoms with E-state index in [1.54, 1.807) is 5.56 Å². The van der Waals surface area contributed by atoms with Crippen molar-refractivity contribution in [3.05, 3.63) is 51.8 Å². The molecule has 3 nitrogen and oxygen atoms in total. The lowest BCUT2D eigenvalue weighted by molar-refractivity contribution is 0.656. The third-order valence-electron chi connectivity index (χ3n) is 4.38. The van der Waals surface area contributed by atoms with Crippen molar-refractivity contribution in [1.82, 2.24) is 15.1 Å². The van der Waals surface area contributed by atoms with Gasteiger partial charge in [-0.05, 0) is 56.8 Å². The number of aromatic nitrogens is 2. The number of aryl methyl sites for hydroxylation is 3. The second-order valence-corrected chi connectivity index (χ2v) is 5.79. The summed E-state index contributed by atoms with van der Waals surface area (Å²) in [5.41, 5.74) is 8.19. The number of nitrogens with one attached hydrogen (secondary N) is 1. The SMILES string of the molecule is CNCc1c(C)nn(Cc2ccc3c(c2)CCC3)c1C. The lowest BCUT2D eigenvalue weighted by atomic mass is 10.1. The van der Waals surface area contributed by atoms with E-state index < -0.39 is 0 Å². The maximum absolute atomic E-state index is 4.69. The van der Waals surface area contributed by atoms with Gasteiger partial charge in [-0.2, -0.15) is 5.10 Å². The first-order chi connectivity index (χ1) is 9.69. The Kier molecular flexibility index (Phi) is 3.62. The number of benzene rings is 1. The molecule has 1 aliphatic carbocycles. The minimum Gasteiger partial charge on any atom is -0.316 e. The summed E-state index contributed by atoms with van der Waals surface area (Å²) in [5.74, 6) is 0. The molecule has 1 heterocycles. The lowest BCUT2D eigenvalue weighted by Crippen LogP contribution is -2.08. The van der Waals surface area contributed by atoms with Crippen molar-refractivity contribution >= 4 is 0 Å². The fraction of sp³-hybridized carbons (Fsp3) is 0.471. The number of hydrogen-bond donors (Lipinski definition) is 1. The third kappa shape index (κ3) is 2.38. The Morgan fingerprint density at radius 3 is 2.80 bits per heavy atom. The normalized spacial score (nSPS) is 13.8. The molecule has 0 atom stereocenters. The predicted molar refractivity (Wildman–Crippen MR) is 82.0 cm³/mol. The van der Waals surface area contributed by atoms with Crippen LogP contribution in [0.2, 0.25) is 0 Å². The Hall–Kier alpha value is -1.61. The van der Waals surface area contributed by atoms with Gasteiger partial charge < -0.3 is 5.32 Å². The number of hydrogen-bond acceptors (Lipinski definition) is 2. The molecule has 2 aromatic rings. The molecule has 1 N–H and O–H groups in total. The van der Waals surface area contributed by atoms with Crippen LogP contribution in [0.3, 0.4) is 0 Å². The average molecular weight is 269 g/mol.